The average Bonchev–Trinajstić information content (AvgIpc) is 2.42. The summed E-state index contributed by atoms with van der Waals surface area (Å²) in [4.78, 5) is 0. The van der Waals surface area contributed by atoms with Crippen molar-refractivity contribution in [2.24, 2.45) is 0 Å². The number of halogens is 14. The normalized spacial score (nSPS) is 16.4. The molecule has 0 N–H and O–H groups in total. The molecule has 0 unspecified atom stereocenters. The second-order valence-electron chi connectivity index (χ2n) is 4.74. The minimum absolute atomic E-state index is 0.592. The molecule has 0 aromatic heterocycles. The summed E-state index contributed by atoms with van der Waals surface area (Å²) in [5, 5.41) is -0.592. The van der Waals surface area contributed by atoms with Crippen LogP contribution in [0.1, 0.15) is 19.8 Å². The summed E-state index contributed by atoms with van der Waals surface area (Å²) < 4.78 is 165. The van der Waals surface area contributed by atoms with Gasteiger partial charge < -0.3 is 0 Å². The van der Waals surface area contributed by atoms with Crippen molar-refractivity contribution in [1.82, 2.24) is 0 Å². The molecule has 0 amide bonds. The minimum Gasteiger partial charge on any atom is -0.200 e. The van der Waals surface area contributed by atoms with Crippen molar-refractivity contribution in [2.75, 3.05) is 0 Å². The maximum Gasteiger partial charge on any atom is 0.460 e. The SMILES string of the molecule is CC=C(Cl)CCC(F)(F)C(F)(F)C(F)(F)C(F)(F)C(F)(F)C(F)(F)F. The first-order valence-electron chi connectivity index (χ1n) is 5.97. The van der Waals surface area contributed by atoms with E-state index < -0.39 is 53.7 Å². The quantitative estimate of drug-likeness (QED) is 0.403. The molecule has 0 aliphatic carbocycles. The molecular weight excluding hydrogens is 415 g/mol. The van der Waals surface area contributed by atoms with Gasteiger partial charge in [0.15, 0.2) is 0 Å². The molecule has 0 atom stereocenters. The van der Waals surface area contributed by atoms with Gasteiger partial charge in [-0.05, 0) is 13.3 Å². The second kappa shape index (κ2) is 6.69. The van der Waals surface area contributed by atoms with Crippen LogP contribution in [0.4, 0.5) is 57.1 Å². The summed E-state index contributed by atoms with van der Waals surface area (Å²) in [6.07, 6.45) is -10.1. The number of hydrogen-bond donors (Lipinski definition) is 0. The first-order chi connectivity index (χ1) is 10.7. The van der Waals surface area contributed by atoms with E-state index in [1.807, 2.05) is 0 Å². The van der Waals surface area contributed by atoms with Crippen LogP contribution >= 0.6 is 11.6 Å². The van der Waals surface area contributed by atoms with Gasteiger partial charge in [0.1, 0.15) is 0 Å². The van der Waals surface area contributed by atoms with E-state index in [-0.39, 0.29) is 0 Å². The summed E-state index contributed by atoms with van der Waals surface area (Å²) >= 11 is 5.14. The molecule has 0 aliphatic rings. The number of hydrogen-bond acceptors (Lipinski definition) is 0. The van der Waals surface area contributed by atoms with Crippen LogP contribution in [-0.4, -0.2) is 35.8 Å². The van der Waals surface area contributed by atoms with E-state index >= 15 is 0 Å². The van der Waals surface area contributed by atoms with Crippen LogP contribution < -0.4 is 0 Å². The molecule has 0 radical (unpaired) electrons. The Morgan fingerprint density at radius 1 is 0.680 bits per heavy atom. The van der Waals surface area contributed by atoms with Crippen molar-refractivity contribution < 1.29 is 57.1 Å². The van der Waals surface area contributed by atoms with Gasteiger partial charge in [-0.25, -0.2) is 0 Å². The van der Waals surface area contributed by atoms with E-state index in [1.165, 1.54) is 0 Å². The zero-order valence-corrected chi connectivity index (χ0v) is 12.5. The van der Waals surface area contributed by atoms with E-state index in [1.54, 1.807) is 0 Å². The highest BCUT2D eigenvalue weighted by Crippen LogP contribution is 2.60. The number of allylic oxidation sites excluding steroid dienone is 2. The van der Waals surface area contributed by atoms with Gasteiger partial charge in [0, 0.05) is 11.5 Å². The Hall–Kier alpha value is -0.880. The fourth-order valence-corrected chi connectivity index (χ4v) is 1.47. The Morgan fingerprint density at radius 2 is 1.04 bits per heavy atom. The molecule has 0 aromatic rings. The highest BCUT2D eigenvalue weighted by molar-refractivity contribution is 6.29. The third-order valence-corrected chi connectivity index (χ3v) is 3.40. The van der Waals surface area contributed by atoms with E-state index in [4.69, 9.17) is 11.6 Å². The lowest BCUT2D eigenvalue weighted by Gasteiger charge is -2.39. The molecule has 25 heavy (non-hydrogen) atoms. The summed E-state index contributed by atoms with van der Waals surface area (Å²) in [5.41, 5.74) is 0. The minimum atomic E-state index is -7.87. The summed E-state index contributed by atoms with van der Waals surface area (Å²) in [6, 6.07) is 0. The Bertz CT molecular complexity index is 503. The maximum atomic E-state index is 13.2. The molecule has 0 bridgehead atoms. The molecule has 0 spiro atoms. The molecule has 0 nitrogen and oxygen atoms in total. The van der Waals surface area contributed by atoms with Crippen LogP contribution in [0.25, 0.3) is 0 Å². The van der Waals surface area contributed by atoms with Crippen molar-refractivity contribution in [3.63, 3.8) is 0 Å². The van der Waals surface area contributed by atoms with Crippen molar-refractivity contribution in [2.45, 2.75) is 55.6 Å². The number of alkyl halides is 13. The lowest BCUT2D eigenvalue weighted by molar-refractivity contribution is -0.440. The molecule has 0 aliphatic heterocycles. The van der Waals surface area contributed by atoms with Gasteiger partial charge in [-0.15, -0.1) is 0 Å². The van der Waals surface area contributed by atoms with Crippen LogP contribution in [0.2, 0.25) is 0 Å². The first kappa shape index (κ1) is 24.1. The van der Waals surface area contributed by atoms with Crippen molar-refractivity contribution in [1.29, 1.82) is 0 Å². The van der Waals surface area contributed by atoms with Gasteiger partial charge in [0.25, 0.3) is 0 Å². The van der Waals surface area contributed by atoms with Crippen molar-refractivity contribution >= 4 is 11.6 Å². The van der Waals surface area contributed by atoms with Crippen LogP contribution in [0.5, 0.6) is 0 Å². The van der Waals surface area contributed by atoms with Gasteiger partial charge in [-0.2, -0.15) is 57.1 Å². The summed E-state index contributed by atoms with van der Waals surface area (Å²) in [5.74, 6) is -36.6. The monoisotopic (exact) mass is 422 g/mol. The lowest BCUT2D eigenvalue weighted by atomic mass is 9.92. The van der Waals surface area contributed by atoms with Crippen LogP contribution in [0.3, 0.4) is 0 Å². The Morgan fingerprint density at radius 3 is 1.36 bits per heavy atom. The third-order valence-electron chi connectivity index (χ3n) is 2.99. The lowest BCUT2D eigenvalue weighted by Crippen LogP contribution is -2.70. The predicted molar refractivity (Wildman–Crippen MR) is 59.6 cm³/mol. The fourth-order valence-electron chi connectivity index (χ4n) is 1.38. The zero-order chi connectivity index (χ0) is 20.7. The second-order valence-corrected chi connectivity index (χ2v) is 5.22. The van der Waals surface area contributed by atoms with Crippen molar-refractivity contribution in [3.05, 3.63) is 11.1 Å². The highest BCUT2D eigenvalue weighted by Gasteiger charge is 2.90. The van der Waals surface area contributed by atoms with Gasteiger partial charge in [0.05, 0.1) is 0 Å². The zero-order valence-electron chi connectivity index (χ0n) is 11.8. The van der Waals surface area contributed by atoms with Crippen LogP contribution in [0.15, 0.2) is 11.1 Å². The van der Waals surface area contributed by atoms with Crippen LogP contribution in [-0.2, 0) is 0 Å². The maximum absolute atomic E-state index is 13.2. The van der Waals surface area contributed by atoms with Crippen LogP contribution in [0, 0.1) is 0 Å². The smallest absolute Gasteiger partial charge is 0.200 e. The van der Waals surface area contributed by atoms with E-state index in [0.717, 1.165) is 13.0 Å². The standard InChI is InChI=1S/C11H8ClF13/c1-2-5(12)3-4-6(13,14)7(15,16)8(17,18)9(19,20)10(21,22)11(23,24)25/h2H,3-4H2,1H3. The molecule has 150 valence electrons. The highest BCUT2D eigenvalue weighted by atomic mass is 35.5. The van der Waals surface area contributed by atoms with E-state index in [9.17, 15) is 57.1 Å². The van der Waals surface area contributed by atoms with Gasteiger partial charge in [-0.1, -0.05) is 17.7 Å². The average molecular weight is 423 g/mol. The van der Waals surface area contributed by atoms with E-state index in [0.29, 0.717) is 0 Å². The molecule has 0 fully saturated rings. The van der Waals surface area contributed by atoms with Gasteiger partial charge in [-0.3, -0.25) is 0 Å². The summed E-state index contributed by atoms with van der Waals surface area (Å²) in [6.45, 7) is 1.10. The molecular formula is C11H8ClF13. The Kier molecular flexibility index (Phi) is 6.45. The Labute approximate surface area is 136 Å². The topological polar surface area (TPSA) is 0 Å². The number of rotatable bonds is 7. The first-order valence-corrected chi connectivity index (χ1v) is 6.35. The summed E-state index contributed by atoms with van der Waals surface area (Å²) in [7, 11) is 0. The molecule has 0 heterocycles. The molecule has 0 aromatic carbocycles. The Balaban J connectivity index is 6.03. The molecule has 0 saturated carbocycles. The van der Waals surface area contributed by atoms with Gasteiger partial charge in [0.2, 0.25) is 0 Å². The van der Waals surface area contributed by atoms with E-state index in [2.05, 4.69) is 0 Å². The molecule has 14 heteroatoms. The molecule has 0 rings (SSSR count). The van der Waals surface area contributed by atoms with Crippen molar-refractivity contribution in [3.8, 4) is 0 Å². The third kappa shape index (κ3) is 3.80. The fraction of sp³-hybridized carbons (Fsp3) is 0.818. The predicted octanol–water partition coefficient (Wildman–Crippen LogP) is 6.65. The van der Waals surface area contributed by atoms with Gasteiger partial charge >= 0.3 is 35.8 Å². The largest absolute Gasteiger partial charge is 0.460 e. The molecule has 0 saturated heterocycles.